The van der Waals surface area contributed by atoms with Gasteiger partial charge in [0.1, 0.15) is 6.61 Å². The number of ether oxygens (including phenoxy) is 2. The summed E-state index contributed by atoms with van der Waals surface area (Å²) in [6.07, 6.45) is 0.773. The predicted octanol–water partition coefficient (Wildman–Crippen LogP) is 3.46. The molecule has 4 rings (SSSR count). The van der Waals surface area contributed by atoms with Crippen molar-refractivity contribution in [3.63, 3.8) is 0 Å². The number of hydrogen-bond donors (Lipinski definition) is 0. The number of nitrogens with zero attached hydrogens (tertiary/aromatic N) is 5. The molecular formula is C19H15F2N5O2. The summed E-state index contributed by atoms with van der Waals surface area (Å²) < 4.78 is 38.7. The molecule has 0 radical (unpaired) electrons. The molecule has 3 heterocycles. The highest BCUT2D eigenvalue weighted by molar-refractivity contribution is 5.59. The highest BCUT2D eigenvalue weighted by atomic mass is 19.3. The molecule has 0 bridgehead atoms. The minimum atomic E-state index is -3.56. The van der Waals surface area contributed by atoms with Gasteiger partial charge >= 0.3 is 6.11 Å². The smallest absolute Gasteiger partial charge is 0.417 e. The van der Waals surface area contributed by atoms with Crippen molar-refractivity contribution in [3.8, 4) is 17.1 Å². The maximum Gasteiger partial charge on any atom is 0.417 e. The van der Waals surface area contributed by atoms with Crippen LogP contribution in [-0.4, -0.2) is 31.7 Å². The second kappa shape index (κ2) is 7.28. The monoisotopic (exact) mass is 383 g/mol. The van der Waals surface area contributed by atoms with Gasteiger partial charge in [-0.05, 0) is 11.6 Å². The van der Waals surface area contributed by atoms with Crippen molar-refractivity contribution in [2.24, 2.45) is 0 Å². The van der Waals surface area contributed by atoms with Crippen molar-refractivity contribution in [1.29, 1.82) is 0 Å². The van der Waals surface area contributed by atoms with Crippen LogP contribution in [0.5, 0.6) is 5.88 Å². The van der Waals surface area contributed by atoms with E-state index in [1.165, 1.54) is 12.4 Å². The third-order valence-electron chi connectivity index (χ3n) is 4.07. The molecule has 7 nitrogen and oxygen atoms in total. The number of alkyl halides is 2. The Kier molecular flexibility index (Phi) is 4.66. The minimum Gasteiger partial charge on any atom is -0.473 e. The fourth-order valence-electron chi connectivity index (χ4n) is 2.59. The average molecular weight is 383 g/mol. The van der Waals surface area contributed by atoms with Crippen LogP contribution < -0.4 is 4.74 Å². The maximum atomic E-state index is 13.9. The van der Waals surface area contributed by atoms with Crippen LogP contribution in [0.15, 0.2) is 61.1 Å². The van der Waals surface area contributed by atoms with Crippen molar-refractivity contribution in [2.45, 2.75) is 12.7 Å². The molecule has 0 fully saturated rings. The summed E-state index contributed by atoms with van der Waals surface area (Å²) in [5.41, 5.74) is 2.28. The van der Waals surface area contributed by atoms with E-state index < -0.39 is 11.9 Å². The van der Waals surface area contributed by atoms with Crippen molar-refractivity contribution in [2.75, 3.05) is 7.11 Å². The van der Waals surface area contributed by atoms with E-state index in [1.807, 2.05) is 30.3 Å². The van der Waals surface area contributed by atoms with E-state index in [4.69, 9.17) is 4.74 Å². The first kappa shape index (κ1) is 17.9. The summed E-state index contributed by atoms with van der Waals surface area (Å²) in [6, 6.07) is 13.2. The summed E-state index contributed by atoms with van der Waals surface area (Å²) in [5.74, 6) is -0.172. The van der Waals surface area contributed by atoms with Crippen LogP contribution in [0.2, 0.25) is 0 Å². The third-order valence-corrected chi connectivity index (χ3v) is 4.07. The first-order valence-electron chi connectivity index (χ1n) is 8.34. The molecule has 9 heteroatoms. The van der Waals surface area contributed by atoms with Crippen LogP contribution in [0.3, 0.4) is 0 Å². The number of hydrogen-bond acceptors (Lipinski definition) is 6. The summed E-state index contributed by atoms with van der Waals surface area (Å²) in [7, 11) is 0.904. The lowest BCUT2D eigenvalue weighted by molar-refractivity contribution is -0.237. The number of fused-ring (bicyclic) bond motifs is 1. The average Bonchev–Trinajstić information content (AvgIpc) is 3.17. The fourth-order valence-corrected chi connectivity index (χ4v) is 2.59. The van der Waals surface area contributed by atoms with E-state index >= 15 is 0 Å². The predicted molar refractivity (Wildman–Crippen MR) is 95.7 cm³/mol. The summed E-state index contributed by atoms with van der Waals surface area (Å²) in [4.78, 5) is 8.48. The Morgan fingerprint density at radius 1 is 1.00 bits per heavy atom. The molecule has 0 aliphatic heterocycles. The van der Waals surface area contributed by atoms with Gasteiger partial charge in [0.15, 0.2) is 5.65 Å². The summed E-state index contributed by atoms with van der Waals surface area (Å²) >= 11 is 0. The number of benzene rings is 1. The SMILES string of the molecule is COC(F)(F)c1nnc2cnc(-c3ccc(OCc4ccccc4)nc3)cn12. The molecule has 4 aromatic rings. The number of pyridine rings is 1. The van der Waals surface area contributed by atoms with Crippen LogP contribution in [0.1, 0.15) is 11.4 Å². The van der Waals surface area contributed by atoms with Gasteiger partial charge in [-0.2, -0.15) is 8.78 Å². The zero-order valence-electron chi connectivity index (χ0n) is 14.8. The third kappa shape index (κ3) is 3.52. The van der Waals surface area contributed by atoms with Crippen LogP contribution >= 0.6 is 0 Å². The molecule has 28 heavy (non-hydrogen) atoms. The lowest BCUT2D eigenvalue weighted by Crippen LogP contribution is -2.19. The Morgan fingerprint density at radius 3 is 2.54 bits per heavy atom. The highest BCUT2D eigenvalue weighted by Crippen LogP contribution is 2.28. The normalized spacial score (nSPS) is 11.7. The number of methoxy groups -OCH3 is 1. The molecule has 0 spiro atoms. The van der Waals surface area contributed by atoms with E-state index in [2.05, 4.69) is 24.9 Å². The van der Waals surface area contributed by atoms with Crippen molar-refractivity contribution in [1.82, 2.24) is 24.6 Å². The standard InChI is InChI=1S/C19H15F2N5O2/c1-27-19(20,21)18-25-24-16-10-22-15(11-26(16)18)14-7-8-17(23-9-14)28-12-13-5-3-2-4-6-13/h2-11H,12H2,1H3. The van der Waals surface area contributed by atoms with E-state index in [0.29, 0.717) is 23.7 Å². The van der Waals surface area contributed by atoms with Gasteiger partial charge in [0.2, 0.25) is 11.7 Å². The minimum absolute atomic E-state index is 0.186. The molecular weight excluding hydrogens is 368 g/mol. The Labute approximate surface area is 158 Å². The molecule has 142 valence electrons. The van der Waals surface area contributed by atoms with Crippen LogP contribution in [-0.2, 0) is 17.5 Å². The van der Waals surface area contributed by atoms with Crippen LogP contribution in [0, 0.1) is 0 Å². The molecule has 0 saturated carbocycles. The Bertz CT molecular complexity index is 1080. The van der Waals surface area contributed by atoms with Gasteiger partial charge in [-0.25, -0.2) is 4.98 Å². The molecule has 0 saturated heterocycles. The molecule has 0 unspecified atom stereocenters. The molecule has 0 atom stereocenters. The molecule has 0 amide bonds. The second-order valence-electron chi connectivity index (χ2n) is 5.90. The Morgan fingerprint density at radius 2 is 1.82 bits per heavy atom. The van der Waals surface area contributed by atoms with Gasteiger partial charge < -0.3 is 9.47 Å². The summed E-state index contributed by atoms with van der Waals surface area (Å²) in [6.45, 7) is 0.396. The lowest BCUT2D eigenvalue weighted by atomic mass is 10.2. The molecule has 3 aromatic heterocycles. The number of rotatable bonds is 6. The van der Waals surface area contributed by atoms with Gasteiger partial charge in [0, 0.05) is 31.1 Å². The van der Waals surface area contributed by atoms with Crippen LogP contribution in [0.25, 0.3) is 16.9 Å². The zero-order chi connectivity index (χ0) is 19.6. The topological polar surface area (TPSA) is 74.4 Å². The van der Waals surface area contributed by atoms with Crippen molar-refractivity contribution in [3.05, 3.63) is 72.4 Å². The maximum absolute atomic E-state index is 13.9. The fraction of sp³-hybridized carbons (Fsp3) is 0.158. The second-order valence-corrected chi connectivity index (χ2v) is 5.90. The molecule has 0 aliphatic rings. The largest absolute Gasteiger partial charge is 0.473 e. The first-order chi connectivity index (χ1) is 13.6. The molecule has 0 aliphatic carbocycles. The number of halogens is 2. The van der Waals surface area contributed by atoms with Gasteiger partial charge in [-0.3, -0.25) is 9.38 Å². The van der Waals surface area contributed by atoms with Gasteiger partial charge in [0.05, 0.1) is 11.9 Å². The van der Waals surface area contributed by atoms with E-state index in [0.717, 1.165) is 17.1 Å². The van der Waals surface area contributed by atoms with Crippen molar-refractivity contribution >= 4 is 5.65 Å². The van der Waals surface area contributed by atoms with E-state index in [1.54, 1.807) is 18.3 Å². The highest BCUT2D eigenvalue weighted by Gasteiger charge is 2.37. The van der Waals surface area contributed by atoms with Crippen molar-refractivity contribution < 1.29 is 18.3 Å². The van der Waals surface area contributed by atoms with Gasteiger partial charge in [-0.1, -0.05) is 30.3 Å². The Balaban J connectivity index is 1.57. The van der Waals surface area contributed by atoms with E-state index in [9.17, 15) is 8.78 Å². The van der Waals surface area contributed by atoms with Crippen LogP contribution in [0.4, 0.5) is 8.78 Å². The molecule has 1 aromatic carbocycles. The summed E-state index contributed by atoms with van der Waals surface area (Å²) in [5, 5.41) is 7.19. The van der Waals surface area contributed by atoms with Gasteiger partial charge in [-0.15, -0.1) is 10.2 Å². The zero-order valence-corrected chi connectivity index (χ0v) is 14.8. The van der Waals surface area contributed by atoms with E-state index in [-0.39, 0.29) is 5.65 Å². The first-order valence-corrected chi connectivity index (χ1v) is 8.34. The molecule has 0 N–H and O–H groups in total. The van der Waals surface area contributed by atoms with Gasteiger partial charge in [0.25, 0.3) is 0 Å². The lowest BCUT2D eigenvalue weighted by Gasteiger charge is -2.11. The Hall–Kier alpha value is -3.46. The quantitative estimate of drug-likeness (QED) is 0.508. The number of aromatic nitrogens is 5.